The molecule has 170 valence electrons. The molecule has 1 amide bonds. The van der Waals surface area contributed by atoms with Gasteiger partial charge in [-0.15, -0.1) is 11.3 Å². The number of nitrogens with one attached hydrogen (secondary N) is 1. The van der Waals surface area contributed by atoms with Crippen LogP contribution >= 0.6 is 11.3 Å². The number of hydrogen-bond acceptors (Lipinski definition) is 6. The number of morpholine rings is 1. The molecule has 2 aliphatic heterocycles. The molecule has 2 atom stereocenters. The Balaban J connectivity index is 1.24. The van der Waals surface area contributed by atoms with E-state index in [0.29, 0.717) is 32.3 Å². The molecule has 6 nitrogen and oxygen atoms in total. The second-order valence-corrected chi connectivity index (χ2v) is 9.60. The number of rotatable bonds is 3. The van der Waals surface area contributed by atoms with Crippen molar-refractivity contribution in [1.29, 1.82) is 0 Å². The fourth-order valence-corrected chi connectivity index (χ4v) is 5.61. The first kappa shape index (κ1) is 21.0. The normalized spacial score (nSPS) is 20.9. The SMILES string of the molecule is O=C(c1cc2c(s1)C=CC1C=NC(Nc3cccc(-c4ccccc4)c3)=NC21)N1CCOCC1. The van der Waals surface area contributed by atoms with Crippen molar-refractivity contribution in [2.75, 3.05) is 31.6 Å². The third-order valence-corrected chi connectivity index (χ3v) is 7.41. The lowest BCUT2D eigenvalue weighted by molar-refractivity contribution is 0.0306. The molecule has 0 bridgehead atoms. The Morgan fingerprint density at radius 3 is 2.71 bits per heavy atom. The van der Waals surface area contributed by atoms with E-state index >= 15 is 0 Å². The van der Waals surface area contributed by atoms with Crippen LogP contribution in [0.15, 0.2) is 76.7 Å². The highest BCUT2D eigenvalue weighted by molar-refractivity contribution is 7.15. The van der Waals surface area contributed by atoms with Gasteiger partial charge in [0.15, 0.2) is 0 Å². The summed E-state index contributed by atoms with van der Waals surface area (Å²) in [5.41, 5.74) is 4.34. The Bertz CT molecular complexity index is 1310. The lowest BCUT2D eigenvalue weighted by atomic mass is 9.89. The summed E-state index contributed by atoms with van der Waals surface area (Å²) in [5, 5.41) is 3.38. The second kappa shape index (κ2) is 9.00. The summed E-state index contributed by atoms with van der Waals surface area (Å²) in [7, 11) is 0. The number of guanidine groups is 1. The average Bonchev–Trinajstić information content (AvgIpc) is 3.34. The number of nitrogens with zero attached hydrogens (tertiary/aromatic N) is 3. The Kier molecular flexibility index (Phi) is 5.57. The van der Waals surface area contributed by atoms with E-state index in [0.717, 1.165) is 32.1 Å². The van der Waals surface area contributed by atoms with Crippen LogP contribution in [0.5, 0.6) is 0 Å². The molecule has 6 rings (SSSR count). The molecule has 3 heterocycles. The maximum absolute atomic E-state index is 13.0. The number of anilines is 1. The molecular formula is C27H24N4O2S. The Morgan fingerprint density at radius 1 is 1.03 bits per heavy atom. The van der Waals surface area contributed by atoms with Crippen LogP contribution in [0.3, 0.4) is 0 Å². The van der Waals surface area contributed by atoms with E-state index in [4.69, 9.17) is 9.73 Å². The van der Waals surface area contributed by atoms with Crippen LogP contribution in [0.1, 0.15) is 26.2 Å². The first-order valence-electron chi connectivity index (χ1n) is 11.5. The third kappa shape index (κ3) is 4.08. The van der Waals surface area contributed by atoms with E-state index in [1.807, 2.05) is 47.5 Å². The molecule has 0 spiro atoms. The van der Waals surface area contributed by atoms with Crippen molar-refractivity contribution in [1.82, 2.24) is 4.90 Å². The summed E-state index contributed by atoms with van der Waals surface area (Å²) in [6.07, 6.45) is 6.18. The summed E-state index contributed by atoms with van der Waals surface area (Å²) in [5.74, 6) is 0.756. The van der Waals surface area contributed by atoms with E-state index in [-0.39, 0.29) is 17.9 Å². The Hall–Kier alpha value is -3.55. The molecule has 1 aliphatic carbocycles. The molecule has 1 fully saturated rings. The van der Waals surface area contributed by atoms with Gasteiger partial charge < -0.3 is 15.0 Å². The number of benzene rings is 2. The zero-order valence-electron chi connectivity index (χ0n) is 18.6. The van der Waals surface area contributed by atoms with Crippen molar-refractivity contribution in [3.63, 3.8) is 0 Å². The summed E-state index contributed by atoms with van der Waals surface area (Å²) in [6, 6.07) is 20.5. The molecule has 1 aromatic heterocycles. The molecule has 3 aromatic rings. The maximum Gasteiger partial charge on any atom is 0.264 e. The van der Waals surface area contributed by atoms with Crippen LogP contribution in [-0.4, -0.2) is 49.3 Å². The van der Waals surface area contributed by atoms with Crippen LogP contribution in [-0.2, 0) is 4.74 Å². The second-order valence-electron chi connectivity index (χ2n) is 8.52. The first-order chi connectivity index (χ1) is 16.7. The molecule has 0 radical (unpaired) electrons. The zero-order valence-corrected chi connectivity index (χ0v) is 19.4. The molecule has 7 heteroatoms. The number of carbonyl (C=O) groups excluding carboxylic acids is 1. The smallest absolute Gasteiger partial charge is 0.264 e. The van der Waals surface area contributed by atoms with Crippen LogP contribution < -0.4 is 5.32 Å². The topological polar surface area (TPSA) is 66.3 Å². The van der Waals surface area contributed by atoms with Gasteiger partial charge in [0.25, 0.3) is 5.91 Å². The maximum atomic E-state index is 13.0. The van der Waals surface area contributed by atoms with Crippen LogP contribution in [0, 0.1) is 5.92 Å². The molecule has 2 aromatic carbocycles. The van der Waals surface area contributed by atoms with E-state index in [9.17, 15) is 4.79 Å². The molecule has 0 saturated carbocycles. The van der Waals surface area contributed by atoms with Gasteiger partial charge >= 0.3 is 0 Å². The van der Waals surface area contributed by atoms with E-state index in [1.165, 1.54) is 0 Å². The van der Waals surface area contributed by atoms with Gasteiger partial charge in [-0.3, -0.25) is 4.79 Å². The standard InChI is InChI=1S/C27H24N4O2S/c32-26(31-11-13-33-14-12-31)24-16-22-23(34-24)10-9-20-17-28-27(30-25(20)22)29-21-8-4-7-19(15-21)18-5-2-1-3-6-18/h1-10,15-17,20,25H,11-14H2,(H,29,30). The number of amides is 1. The van der Waals surface area contributed by atoms with E-state index in [2.05, 4.69) is 46.7 Å². The minimum absolute atomic E-state index is 0.0807. The quantitative estimate of drug-likeness (QED) is 0.580. The molecule has 3 aliphatic rings. The highest BCUT2D eigenvalue weighted by Crippen LogP contribution is 2.41. The number of aliphatic imine (C=N–C) groups is 2. The van der Waals surface area contributed by atoms with Crippen LogP contribution in [0.4, 0.5) is 5.69 Å². The molecule has 1 saturated heterocycles. The van der Waals surface area contributed by atoms with Crippen molar-refractivity contribution in [3.8, 4) is 11.1 Å². The minimum Gasteiger partial charge on any atom is -0.378 e. The largest absolute Gasteiger partial charge is 0.378 e. The monoisotopic (exact) mass is 468 g/mol. The summed E-state index contributed by atoms with van der Waals surface area (Å²) >= 11 is 1.54. The molecule has 1 N–H and O–H groups in total. The minimum atomic E-state index is -0.0835. The predicted octanol–water partition coefficient (Wildman–Crippen LogP) is 5.12. The number of carbonyl (C=O) groups is 1. The van der Waals surface area contributed by atoms with Gasteiger partial charge in [0, 0.05) is 35.8 Å². The van der Waals surface area contributed by atoms with Crippen molar-refractivity contribution in [2.24, 2.45) is 15.9 Å². The van der Waals surface area contributed by atoms with Crippen molar-refractivity contribution in [3.05, 3.63) is 82.1 Å². The highest BCUT2D eigenvalue weighted by atomic mass is 32.1. The van der Waals surface area contributed by atoms with Gasteiger partial charge in [-0.05, 0) is 41.0 Å². The predicted molar refractivity (Wildman–Crippen MR) is 138 cm³/mol. The highest BCUT2D eigenvalue weighted by Gasteiger charge is 2.31. The summed E-state index contributed by atoms with van der Waals surface area (Å²) in [6.45, 7) is 2.49. The van der Waals surface area contributed by atoms with Gasteiger partial charge in [0.1, 0.15) is 0 Å². The Morgan fingerprint density at radius 2 is 1.85 bits per heavy atom. The molecule has 34 heavy (non-hydrogen) atoms. The molecular weight excluding hydrogens is 444 g/mol. The van der Waals surface area contributed by atoms with Crippen LogP contribution in [0.2, 0.25) is 0 Å². The van der Waals surface area contributed by atoms with E-state index in [1.54, 1.807) is 11.3 Å². The van der Waals surface area contributed by atoms with Crippen molar-refractivity contribution >= 4 is 41.2 Å². The van der Waals surface area contributed by atoms with Gasteiger partial charge in [0.05, 0.1) is 24.1 Å². The fourth-order valence-electron chi connectivity index (χ4n) is 4.53. The number of ether oxygens (including phenoxy) is 1. The Labute approximate surface area is 202 Å². The van der Waals surface area contributed by atoms with Crippen molar-refractivity contribution in [2.45, 2.75) is 6.04 Å². The van der Waals surface area contributed by atoms with Crippen molar-refractivity contribution < 1.29 is 9.53 Å². The zero-order chi connectivity index (χ0) is 22.9. The third-order valence-electron chi connectivity index (χ3n) is 6.31. The van der Waals surface area contributed by atoms with Gasteiger partial charge in [0.2, 0.25) is 5.96 Å². The number of fused-ring (bicyclic) bond motifs is 3. The fraction of sp³-hybridized carbons (Fsp3) is 0.222. The van der Waals surface area contributed by atoms with E-state index < -0.39 is 0 Å². The lowest BCUT2D eigenvalue weighted by Gasteiger charge is -2.26. The first-order valence-corrected chi connectivity index (χ1v) is 12.3. The molecule has 2 unspecified atom stereocenters. The summed E-state index contributed by atoms with van der Waals surface area (Å²) in [4.78, 5) is 26.3. The van der Waals surface area contributed by atoms with Gasteiger partial charge in [-0.25, -0.2) is 9.98 Å². The van der Waals surface area contributed by atoms with Gasteiger partial charge in [-0.2, -0.15) is 0 Å². The van der Waals surface area contributed by atoms with Crippen LogP contribution in [0.25, 0.3) is 17.2 Å². The number of hydrogen-bond donors (Lipinski definition) is 1. The summed E-state index contributed by atoms with van der Waals surface area (Å²) < 4.78 is 5.39. The average molecular weight is 469 g/mol. The van der Waals surface area contributed by atoms with Gasteiger partial charge in [-0.1, -0.05) is 48.5 Å². The lowest BCUT2D eigenvalue weighted by Crippen LogP contribution is -2.40. The number of thiophene rings is 1.